The van der Waals surface area contributed by atoms with E-state index in [0.717, 1.165) is 5.57 Å². The molecule has 17 heavy (non-hydrogen) atoms. The van der Waals surface area contributed by atoms with Gasteiger partial charge in [0.15, 0.2) is 5.78 Å². The number of nitrogens with one attached hydrogen (secondary N) is 1. The Bertz CT molecular complexity index is 346. The number of rotatable bonds is 8. The van der Waals surface area contributed by atoms with Gasteiger partial charge in [0.25, 0.3) is 0 Å². The molecule has 0 fully saturated rings. The highest BCUT2D eigenvalue weighted by atomic mass is 16.5. The number of hydrogen-bond acceptors (Lipinski definition) is 4. The molecule has 0 rings (SSSR count). The Morgan fingerprint density at radius 1 is 1.35 bits per heavy atom. The summed E-state index contributed by atoms with van der Waals surface area (Å²) in [6, 6.07) is 0. The second-order valence-corrected chi connectivity index (χ2v) is 3.61. The number of ketones is 1. The summed E-state index contributed by atoms with van der Waals surface area (Å²) >= 11 is 0. The number of nitrogens with zero attached hydrogens (tertiary/aromatic N) is 1. The van der Waals surface area contributed by atoms with E-state index in [1.54, 1.807) is 6.08 Å². The Morgan fingerprint density at radius 2 is 2.00 bits per heavy atom. The van der Waals surface area contributed by atoms with E-state index in [1.807, 2.05) is 6.92 Å². The fraction of sp³-hybridized carbons (Fsp3) is 0.417. The van der Waals surface area contributed by atoms with Crippen LogP contribution in [0.4, 0.5) is 0 Å². The number of carbonyl (C=O) groups excluding carboxylic acids is 2. The van der Waals surface area contributed by atoms with Crippen molar-refractivity contribution in [3.63, 3.8) is 0 Å². The first kappa shape index (κ1) is 15.2. The zero-order valence-corrected chi connectivity index (χ0v) is 10.3. The molecule has 0 aromatic heterocycles. The maximum atomic E-state index is 11.3. The van der Waals surface area contributed by atoms with E-state index in [4.69, 9.17) is 4.74 Å². The van der Waals surface area contributed by atoms with Crippen molar-refractivity contribution in [1.29, 1.82) is 0 Å². The van der Waals surface area contributed by atoms with Gasteiger partial charge >= 0.3 is 0 Å². The highest BCUT2D eigenvalue weighted by molar-refractivity contribution is 5.79. The third kappa shape index (κ3) is 9.19. The van der Waals surface area contributed by atoms with Crippen molar-refractivity contribution in [2.45, 2.75) is 13.8 Å². The molecule has 0 atom stereocenters. The maximum Gasteiger partial charge on any atom is 0.246 e. The Balaban J connectivity index is 3.93. The first-order valence-electron chi connectivity index (χ1n) is 5.12. The van der Waals surface area contributed by atoms with E-state index >= 15 is 0 Å². The summed E-state index contributed by atoms with van der Waals surface area (Å²) in [6.07, 6.45) is 1.73. The Labute approximate surface area is 101 Å². The van der Waals surface area contributed by atoms with Gasteiger partial charge in [0.05, 0.1) is 12.2 Å². The van der Waals surface area contributed by atoms with Gasteiger partial charge in [0.1, 0.15) is 13.2 Å². The Hall–Kier alpha value is -1.75. The van der Waals surface area contributed by atoms with Crippen LogP contribution in [-0.2, 0) is 14.3 Å². The van der Waals surface area contributed by atoms with E-state index in [2.05, 4.69) is 23.6 Å². The van der Waals surface area contributed by atoms with Crippen molar-refractivity contribution in [2.75, 3.05) is 19.8 Å². The van der Waals surface area contributed by atoms with Crippen molar-refractivity contribution < 1.29 is 14.3 Å². The molecule has 1 N–H and O–H groups in total. The van der Waals surface area contributed by atoms with Crippen molar-refractivity contribution in [1.82, 2.24) is 5.32 Å². The molecule has 5 nitrogen and oxygen atoms in total. The van der Waals surface area contributed by atoms with Crippen LogP contribution in [0.15, 0.2) is 28.9 Å². The second kappa shape index (κ2) is 8.41. The number of Topliss-reactive ketones (excluding diaryl/α,β-unsaturated/α-hetero) is 1. The lowest BCUT2D eigenvalue weighted by Gasteiger charge is -2.05. The summed E-state index contributed by atoms with van der Waals surface area (Å²) in [4.78, 5) is 25.6. The Morgan fingerprint density at radius 3 is 2.47 bits per heavy atom. The number of aliphatic imine (C=N–C) groups is 1. The van der Waals surface area contributed by atoms with Gasteiger partial charge in [0, 0.05) is 0 Å². The molecule has 0 aromatic rings. The third-order valence-corrected chi connectivity index (χ3v) is 1.62. The first-order chi connectivity index (χ1) is 7.95. The lowest BCUT2D eigenvalue weighted by Crippen LogP contribution is -2.29. The molecular weight excluding hydrogens is 220 g/mol. The molecule has 0 aliphatic heterocycles. The van der Waals surface area contributed by atoms with Gasteiger partial charge in [-0.2, -0.15) is 0 Å². The van der Waals surface area contributed by atoms with E-state index in [-0.39, 0.29) is 31.4 Å². The first-order valence-corrected chi connectivity index (χ1v) is 5.12. The number of allylic oxidation sites excluding steroid dienone is 2. The summed E-state index contributed by atoms with van der Waals surface area (Å²) in [6.45, 7) is 10.4. The quantitative estimate of drug-likeness (QED) is 0.504. The minimum atomic E-state index is -0.303. The summed E-state index contributed by atoms with van der Waals surface area (Å²) in [5, 5.41) is 2.59. The molecule has 0 saturated heterocycles. The number of ether oxygens (including phenoxy) is 1. The lowest BCUT2D eigenvalue weighted by molar-refractivity contribution is -0.128. The molecule has 0 spiro atoms. The Kier molecular flexibility index (Phi) is 7.54. The molecule has 5 heteroatoms. The summed E-state index contributed by atoms with van der Waals surface area (Å²) in [5.74, 6) is -0.420. The van der Waals surface area contributed by atoms with Crippen LogP contribution in [0, 0.1) is 0 Å². The van der Waals surface area contributed by atoms with Gasteiger partial charge in [-0.3, -0.25) is 14.6 Å². The minimum absolute atomic E-state index is 0.0540. The topological polar surface area (TPSA) is 67.8 Å². The number of carbonyl (C=O) groups is 2. The maximum absolute atomic E-state index is 11.3. The van der Waals surface area contributed by atoms with Gasteiger partial charge in [0.2, 0.25) is 5.91 Å². The molecule has 0 aliphatic carbocycles. The third-order valence-electron chi connectivity index (χ3n) is 1.62. The zero-order valence-electron chi connectivity index (χ0n) is 10.3. The van der Waals surface area contributed by atoms with E-state index in [9.17, 15) is 9.59 Å². The van der Waals surface area contributed by atoms with Crippen molar-refractivity contribution >= 4 is 18.4 Å². The zero-order chi connectivity index (χ0) is 13.3. The fourth-order valence-electron chi connectivity index (χ4n) is 0.965. The molecule has 1 amide bonds. The number of amides is 1. The molecule has 0 aromatic carbocycles. The van der Waals surface area contributed by atoms with Gasteiger partial charge in [-0.1, -0.05) is 12.2 Å². The van der Waals surface area contributed by atoms with Crippen LogP contribution in [-0.4, -0.2) is 38.2 Å². The van der Waals surface area contributed by atoms with Crippen LogP contribution in [0.2, 0.25) is 0 Å². The van der Waals surface area contributed by atoms with Crippen LogP contribution in [0.3, 0.4) is 0 Å². The summed E-state index contributed by atoms with van der Waals surface area (Å²) in [5.41, 5.74) is 1.45. The van der Waals surface area contributed by atoms with E-state index < -0.39 is 0 Å². The van der Waals surface area contributed by atoms with Crippen LogP contribution < -0.4 is 5.32 Å². The average molecular weight is 238 g/mol. The second-order valence-electron chi connectivity index (χ2n) is 3.61. The van der Waals surface area contributed by atoms with Gasteiger partial charge in [-0.15, -0.1) is 0 Å². The average Bonchev–Trinajstić information content (AvgIpc) is 2.23. The minimum Gasteiger partial charge on any atom is -0.364 e. The monoisotopic (exact) mass is 238 g/mol. The predicted molar refractivity (Wildman–Crippen MR) is 67.0 cm³/mol. The predicted octanol–water partition coefficient (Wildman–Crippen LogP) is 0.869. The highest BCUT2D eigenvalue weighted by Gasteiger charge is 2.03. The molecular formula is C12H18N2O3. The van der Waals surface area contributed by atoms with Crippen LogP contribution >= 0.6 is 0 Å². The van der Waals surface area contributed by atoms with Crippen LogP contribution in [0.5, 0.6) is 0 Å². The summed E-state index contributed by atoms with van der Waals surface area (Å²) < 4.78 is 4.86. The lowest BCUT2D eigenvalue weighted by atomic mass is 10.3. The van der Waals surface area contributed by atoms with Gasteiger partial charge in [-0.05, 0) is 26.6 Å². The normalized spacial score (nSPS) is 10.8. The molecule has 0 aliphatic rings. The SMILES string of the molecule is C=N/C(=C\C(=C)C)CNC(=O)COCC(C)=O. The highest BCUT2D eigenvalue weighted by Crippen LogP contribution is 1.99. The fourth-order valence-corrected chi connectivity index (χ4v) is 0.965. The molecule has 0 saturated carbocycles. The van der Waals surface area contributed by atoms with Gasteiger partial charge in [-0.25, -0.2) is 0 Å². The van der Waals surface area contributed by atoms with E-state index in [0.29, 0.717) is 5.70 Å². The van der Waals surface area contributed by atoms with Crippen LogP contribution in [0.25, 0.3) is 0 Å². The van der Waals surface area contributed by atoms with Gasteiger partial charge < -0.3 is 10.1 Å². The molecule has 0 radical (unpaired) electrons. The molecule has 0 heterocycles. The molecule has 0 unspecified atom stereocenters. The summed E-state index contributed by atoms with van der Waals surface area (Å²) in [7, 11) is 0. The van der Waals surface area contributed by atoms with E-state index in [1.165, 1.54) is 6.92 Å². The molecule has 94 valence electrons. The van der Waals surface area contributed by atoms with Crippen molar-refractivity contribution in [3.05, 3.63) is 23.9 Å². The largest absolute Gasteiger partial charge is 0.364 e. The van der Waals surface area contributed by atoms with Crippen LogP contribution in [0.1, 0.15) is 13.8 Å². The molecule has 0 bridgehead atoms. The smallest absolute Gasteiger partial charge is 0.246 e. The van der Waals surface area contributed by atoms with Crippen molar-refractivity contribution in [3.8, 4) is 0 Å². The standard InChI is InChI=1S/C12H18N2O3/c1-9(2)5-11(13-4)6-14-12(16)8-17-7-10(3)15/h5H,1,4,6-8H2,2-3H3,(H,14,16)/b11-5-. The number of hydrogen-bond donors (Lipinski definition) is 1. The van der Waals surface area contributed by atoms with Crippen molar-refractivity contribution in [2.24, 2.45) is 4.99 Å².